The van der Waals surface area contributed by atoms with Crippen LogP contribution in [0.15, 0.2) is 51.8 Å². The minimum absolute atomic E-state index is 0.0353. The second kappa shape index (κ2) is 6.55. The van der Waals surface area contributed by atoms with Crippen LogP contribution >= 0.6 is 15.9 Å². The molecule has 2 rings (SSSR count). The third-order valence-corrected chi connectivity index (χ3v) is 5.15. The Balaban J connectivity index is 2.24. The van der Waals surface area contributed by atoms with Crippen LogP contribution in [0, 0.1) is 5.82 Å². The topological polar surface area (TPSA) is 66.4 Å². The molecule has 0 spiro atoms. The van der Waals surface area contributed by atoms with E-state index < -0.39 is 15.8 Å². The second-order valence-corrected chi connectivity index (χ2v) is 6.86. The van der Waals surface area contributed by atoms with E-state index in [1.54, 1.807) is 24.3 Å². The molecule has 7 heteroatoms. The Labute approximate surface area is 130 Å². The molecule has 0 radical (unpaired) electrons. The van der Waals surface area contributed by atoms with Crippen molar-refractivity contribution in [2.24, 2.45) is 0 Å². The molecule has 0 saturated carbocycles. The molecule has 112 valence electrons. The number of anilines is 1. The molecule has 4 nitrogen and oxygen atoms in total. The van der Waals surface area contributed by atoms with Crippen LogP contribution in [-0.2, 0) is 16.4 Å². The van der Waals surface area contributed by atoms with Gasteiger partial charge in [0.25, 0.3) is 10.0 Å². The molecule has 2 aromatic carbocycles. The lowest BCUT2D eigenvalue weighted by Crippen LogP contribution is -2.13. The third kappa shape index (κ3) is 4.03. The molecule has 0 atom stereocenters. The Kier molecular flexibility index (Phi) is 4.97. The highest BCUT2D eigenvalue weighted by molar-refractivity contribution is 9.10. The van der Waals surface area contributed by atoms with Crippen molar-refractivity contribution in [2.75, 3.05) is 11.3 Å². The number of hydrogen-bond acceptors (Lipinski definition) is 3. The van der Waals surface area contributed by atoms with E-state index in [0.717, 1.165) is 17.7 Å². The van der Waals surface area contributed by atoms with Crippen molar-refractivity contribution >= 4 is 31.6 Å². The molecule has 2 aromatic rings. The van der Waals surface area contributed by atoms with E-state index in [1.165, 1.54) is 6.07 Å². The summed E-state index contributed by atoms with van der Waals surface area (Å²) < 4.78 is 40.1. The standard InChI is InChI=1S/C14H13BrFNO3S/c15-13-9-11(16)3-6-14(13)21(19,20)17-12-4-1-10(2-5-12)7-8-18/h1-6,9,17-18H,7-8H2. The van der Waals surface area contributed by atoms with Gasteiger partial charge in [0.15, 0.2) is 0 Å². The number of rotatable bonds is 5. The van der Waals surface area contributed by atoms with Crippen LogP contribution in [0.4, 0.5) is 10.1 Å². The predicted octanol–water partition coefficient (Wildman–Crippen LogP) is 2.92. The number of halogens is 2. The molecule has 0 aromatic heterocycles. The zero-order valence-electron chi connectivity index (χ0n) is 10.9. The van der Waals surface area contributed by atoms with E-state index in [2.05, 4.69) is 20.7 Å². The summed E-state index contributed by atoms with van der Waals surface area (Å²) in [5.74, 6) is -0.519. The van der Waals surface area contributed by atoms with Gasteiger partial charge in [0.2, 0.25) is 0 Å². The first-order chi connectivity index (χ1) is 9.92. The van der Waals surface area contributed by atoms with Gasteiger partial charge in [-0.15, -0.1) is 0 Å². The smallest absolute Gasteiger partial charge is 0.263 e. The van der Waals surface area contributed by atoms with Crippen molar-refractivity contribution in [3.05, 3.63) is 58.3 Å². The van der Waals surface area contributed by atoms with Crippen molar-refractivity contribution in [2.45, 2.75) is 11.3 Å². The van der Waals surface area contributed by atoms with Crippen LogP contribution in [-0.4, -0.2) is 20.1 Å². The first-order valence-corrected chi connectivity index (χ1v) is 8.37. The predicted molar refractivity (Wildman–Crippen MR) is 82.1 cm³/mol. The van der Waals surface area contributed by atoms with E-state index in [9.17, 15) is 12.8 Å². The van der Waals surface area contributed by atoms with Crippen molar-refractivity contribution in [1.82, 2.24) is 0 Å². The molecule has 0 aliphatic heterocycles. The summed E-state index contributed by atoms with van der Waals surface area (Å²) in [6, 6.07) is 10.1. The highest BCUT2D eigenvalue weighted by Gasteiger charge is 2.18. The fourth-order valence-electron chi connectivity index (χ4n) is 1.77. The lowest BCUT2D eigenvalue weighted by atomic mass is 10.1. The SMILES string of the molecule is O=S(=O)(Nc1ccc(CCO)cc1)c1ccc(F)cc1Br. The minimum atomic E-state index is -3.80. The number of nitrogens with one attached hydrogen (secondary N) is 1. The van der Waals surface area contributed by atoms with Gasteiger partial charge in [0.05, 0.1) is 0 Å². The van der Waals surface area contributed by atoms with E-state index in [4.69, 9.17) is 5.11 Å². The molecular weight excluding hydrogens is 361 g/mol. The Morgan fingerprint density at radius 1 is 1.14 bits per heavy atom. The maximum Gasteiger partial charge on any atom is 0.263 e. The molecular formula is C14H13BrFNO3S. The highest BCUT2D eigenvalue weighted by atomic mass is 79.9. The van der Waals surface area contributed by atoms with Crippen LogP contribution < -0.4 is 4.72 Å². The quantitative estimate of drug-likeness (QED) is 0.846. The summed E-state index contributed by atoms with van der Waals surface area (Å²) in [7, 11) is -3.80. The molecule has 2 N–H and O–H groups in total. The molecule has 21 heavy (non-hydrogen) atoms. The number of sulfonamides is 1. The monoisotopic (exact) mass is 373 g/mol. The Hall–Kier alpha value is -1.44. The van der Waals surface area contributed by atoms with Crippen LogP contribution in [0.3, 0.4) is 0 Å². The van der Waals surface area contributed by atoms with Gasteiger partial charge < -0.3 is 5.11 Å². The summed E-state index contributed by atoms with van der Waals surface area (Å²) in [6.45, 7) is 0.0353. The summed E-state index contributed by atoms with van der Waals surface area (Å²) in [6.07, 6.45) is 0.510. The van der Waals surface area contributed by atoms with E-state index in [-0.39, 0.29) is 16.0 Å². The van der Waals surface area contributed by atoms with Crippen molar-refractivity contribution in [1.29, 1.82) is 0 Å². The van der Waals surface area contributed by atoms with Gasteiger partial charge in [-0.3, -0.25) is 4.72 Å². The zero-order valence-corrected chi connectivity index (χ0v) is 13.3. The zero-order chi connectivity index (χ0) is 15.5. The summed E-state index contributed by atoms with van der Waals surface area (Å²) >= 11 is 3.04. The average molecular weight is 374 g/mol. The van der Waals surface area contributed by atoms with Gasteiger partial charge in [-0.05, 0) is 58.2 Å². The van der Waals surface area contributed by atoms with Gasteiger partial charge >= 0.3 is 0 Å². The molecule has 0 unspecified atom stereocenters. The minimum Gasteiger partial charge on any atom is -0.396 e. The summed E-state index contributed by atoms with van der Waals surface area (Å²) in [4.78, 5) is -0.0386. The number of aliphatic hydroxyl groups excluding tert-OH is 1. The van der Waals surface area contributed by atoms with Gasteiger partial charge in [-0.2, -0.15) is 0 Å². The number of benzene rings is 2. The highest BCUT2D eigenvalue weighted by Crippen LogP contribution is 2.25. The summed E-state index contributed by atoms with van der Waals surface area (Å²) in [5, 5.41) is 8.83. The van der Waals surface area contributed by atoms with Gasteiger partial charge in [-0.25, -0.2) is 12.8 Å². The third-order valence-electron chi connectivity index (χ3n) is 2.79. The fraction of sp³-hybridized carbons (Fsp3) is 0.143. The molecule has 0 saturated heterocycles. The Morgan fingerprint density at radius 2 is 1.81 bits per heavy atom. The Bertz CT molecular complexity index is 732. The average Bonchev–Trinajstić information content (AvgIpc) is 2.40. The molecule has 0 aliphatic rings. The van der Waals surface area contributed by atoms with Crippen LogP contribution in [0.1, 0.15) is 5.56 Å². The lowest BCUT2D eigenvalue weighted by molar-refractivity contribution is 0.299. The van der Waals surface area contributed by atoms with Crippen molar-refractivity contribution in [3.63, 3.8) is 0 Å². The second-order valence-electron chi connectivity index (χ2n) is 4.35. The molecule has 0 fully saturated rings. The van der Waals surface area contributed by atoms with E-state index >= 15 is 0 Å². The maximum atomic E-state index is 13.0. The van der Waals surface area contributed by atoms with Crippen LogP contribution in [0.2, 0.25) is 0 Å². The van der Waals surface area contributed by atoms with E-state index in [1.807, 2.05) is 0 Å². The molecule has 0 aliphatic carbocycles. The Morgan fingerprint density at radius 3 is 2.38 bits per heavy atom. The first kappa shape index (κ1) is 15.9. The van der Waals surface area contributed by atoms with Crippen molar-refractivity contribution < 1.29 is 17.9 Å². The number of aliphatic hydroxyl groups is 1. The normalized spacial score (nSPS) is 11.4. The maximum absolute atomic E-state index is 13.0. The van der Waals surface area contributed by atoms with E-state index in [0.29, 0.717) is 12.1 Å². The van der Waals surface area contributed by atoms with Crippen LogP contribution in [0.5, 0.6) is 0 Å². The molecule has 0 bridgehead atoms. The van der Waals surface area contributed by atoms with Gasteiger partial charge in [0, 0.05) is 16.8 Å². The fourth-order valence-corrected chi connectivity index (χ4v) is 3.88. The van der Waals surface area contributed by atoms with Crippen LogP contribution in [0.25, 0.3) is 0 Å². The largest absolute Gasteiger partial charge is 0.396 e. The van der Waals surface area contributed by atoms with Gasteiger partial charge in [-0.1, -0.05) is 12.1 Å². The molecule has 0 heterocycles. The first-order valence-electron chi connectivity index (χ1n) is 6.10. The van der Waals surface area contributed by atoms with Gasteiger partial charge in [0.1, 0.15) is 10.7 Å². The molecule has 0 amide bonds. The summed E-state index contributed by atoms with van der Waals surface area (Å²) in [5.41, 5.74) is 1.30. The number of hydrogen-bond donors (Lipinski definition) is 2. The van der Waals surface area contributed by atoms with Crippen molar-refractivity contribution in [3.8, 4) is 0 Å². The lowest BCUT2D eigenvalue weighted by Gasteiger charge is -2.10.